The SMILES string of the molecule is CCNC(=O)OCCC[Si](C)(O[Si](C)(C)C)O[Si](C)(CCCOC(=O)NCC)O[Si](C)(C)C. The van der Waals surface area contributed by atoms with Crippen LogP contribution in [0.5, 0.6) is 0 Å². The molecule has 2 unspecified atom stereocenters. The Kier molecular flexibility index (Phi) is 14.3. The monoisotopic (exact) mass is 540 g/mol. The highest BCUT2D eigenvalue weighted by molar-refractivity contribution is 6.89. The van der Waals surface area contributed by atoms with Gasteiger partial charge in [0.25, 0.3) is 0 Å². The van der Waals surface area contributed by atoms with Crippen LogP contribution >= 0.6 is 0 Å². The van der Waals surface area contributed by atoms with E-state index in [4.69, 9.17) is 21.8 Å². The lowest BCUT2D eigenvalue weighted by Gasteiger charge is -2.43. The molecule has 13 heteroatoms. The van der Waals surface area contributed by atoms with Gasteiger partial charge < -0.3 is 32.5 Å². The van der Waals surface area contributed by atoms with Gasteiger partial charge in [0, 0.05) is 13.1 Å². The lowest BCUT2D eigenvalue weighted by Crippen LogP contribution is -2.58. The molecule has 2 amide bonds. The van der Waals surface area contributed by atoms with Gasteiger partial charge in [-0.3, -0.25) is 0 Å². The molecule has 0 rings (SSSR count). The molecule has 0 aliphatic rings. The number of carbonyl (C=O) groups is 2. The van der Waals surface area contributed by atoms with Gasteiger partial charge in [-0.05, 0) is 91.2 Å². The van der Waals surface area contributed by atoms with Gasteiger partial charge in [-0.1, -0.05) is 0 Å². The highest BCUT2D eigenvalue weighted by Gasteiger charge is 2.46. The maximum Gasteiger partial charge on any atom is 0.407 e. The van der Waals surface area contributed by atoms with Crippen molar-refractivity contribution in [3.8, 4) is 0 Å². The van der Waals surface area contributed by atoms with Gasteiger partial charge in [0.15, 0.2) is 16.6 Å². The summed E-state index contributed by atoms with van der Waals surface area (Å²) in [6.07, 6.45) is 0.534. The normalized spacial score (nSPS) is 15.8. The molecule has 0 aliphatic carbocycles. The smallest absolute Gasteiger partial charge is 0.407 e. The summed E-state index contributed by atoms with van der Waals surface area (Å²) in [6, 6.07) is 1.42. The van der Waals surface area contributed by atoms with Crippen molar-refractivity contribution in [2.45, 2.75) is 91.2 Å². The van der Waals surface area contributed by atoms with E-state index in [0.717, 1.165) is 0 Å². The minimum Gasteiger partial charge on any atom is -0.450 e. The molecule has 0 radical (unpaired) electrons. The fourth-order valence-corrected chi connectivity index (χ4v) is 21.8. The standard InChI is InChI=1S/C20H48N2O7Si4/c1-11-21-19(23)25-15-13-17-32(9,27-30(3,4)5)29-33(10,28-31(6,7)8)18-14-16-26-20(24)22-12-2/h11-18H2,1-10H3,(H,21,23)(H,22,24). The number of rotatable bonds is 16. The number of hydrogen-bond donors (Lipinski definition) is 2. The molecule has 0 fully saturated rings. The van der Waals surface area contributed by atoms with Crippen molar-refractivity contribution in [1.82, 2.24) is 10.6 Å². The predicted molar refractivity (Wildman–Crippen MR) is 142 cm³/mol. The molecular formula is C20H48N2O7Si4. The molecule has 33 heavy (non-hydrogen) atoms. The van der Waals surface area contributed by atoms with E-state index in [2.05, 4.69) is 63.0 Å². The molecule has 0 aromatic heterocycles. The summed E-state index contributed by atoms with van der Waals surface area (Å²) in [5, 5.41) is 5.27. The lowest BCUT2D eigenvalue weighted by atomic mass is 10.5. The van der Waals surface area contributed by atoms with Crippen LogP contribution in [0.4, 0.5) is 9.59 Å². The zero-order chi connectivity index (χ0) is 25.8. The molecule has 2 atom stereocenters. The topological polar surface area (TPSA) is 104 Å². The van der Waals surface area contributed by atoms with Crippen molar-refractivity contribution in [2.75, 3.05) is 26.3 Å². The minimum absolute atomic E-state index is 0.320. The number of amides is 2. The Labute approximate surface area is 205 Å². The average Bonchev–Trinajstić information content (AvgIpc) is 2.59. The first kappa shape index (κ1) is 32.3. The van der Waals surface area contributed by atoms with Crippen molar-refractivity contribution >= 4 is 45.9 Å². The van der Waals surface area contributed by atoms with Crippen LogP contribution in [0, 0.1) is 0 Å². The highest BCUT2D eigenvalue weighted by Crippen LogP contribution is 2.30. The third-order valence-electron chi connectivity index (χ3n) is 4.13. The molecule has 0 aromatic rings. The van der Waals surface area contributed by atoms with E-state index >= 15 is 0 Å². The molecule has 0 bridgehead atoms. The van der Waals surface area contributed by atoms with Crippen molar-refractivity contribution in [2.24, 2.45) is 0 Å². The molecule has 0 spiro atoms. The molecule has 0 saturated heterocycles. The number of nitrogens with one attached hydrogen (secondary N) is 2. The summed E-state index contributed by atoms with van der Waals surface area (Å²) in [6.45, 7) is 22.6. The van der Waals surface area contributed by atoms with Crippen molar-refractivity contribution in [1.29, 1.82) is 0 Å². The summed E-state index contributed by atoms with van der Waals surface area (Å²) >= 11 is 0. The maximum absolute atomic E-state index is 11.6. The van der Waals surface area contributed by atoms with Gasteiger partial charge in [0.05, 0.1) is 13.2 Å². The van der Waals surface area contributed by atoms with Gasteiger partial charge in [0.1, 0.15) is 0 Å². The summed E-state index contributed by atoms with van der Waals surface area (Å²) in [5.74, 6) is 0. The zero-order valence-corrected chi connectivity index (χ0v) is 26.5. The molecule has 2 N–H and O–H groups in total. The third kappa shape index (κ3) is 17.4. The van der Waals surface area contributed by atoms with E-state index in [1.165, 1.54) is 0 Å². The largest absolute Gasteiger partial charge is 0.450 e. The summed E-state index contributed by atoms with van der Waals surface area (Å²) < 4.78 is 30.6. The van der Waals surface area contributed by atoms with Crippen LogP contribution in [-0.4, -0.2) is 72.2 Å². The molecular weight excluding hydrogens is 493 g/mol. The van der Waals surface area contributed by atoms with E-state index in [1.807, 2.05) is 13.8 Å². The van der Waals surface area contributed by atoms with E-state index in [-0.39, 0.29) is 0 Å². The lowest BCUT2D eigenvalue weighted by molar-refractivity contribution is 0.145. The van der Waals surface area contributed by atoms with E-state index in [9.17, 15) is 9.59 Å². The molecule has 196 valence electrons. The average molecular weight is 541 g/mol. The van der Waals surface area contributed by atoms with Crippen LogP contribution in [-0.2, 0) is 21.8 Å². The number of carbonyl (C=O) groups excluding carboxylic acids is 2. The fraction of sp³-hybridized carbons (Fsp3) is 0.900. The summed E-state index contributed by atoms with van der Waals surface area (Å²) in [5.41, 5.74) is 0. The number of ether oxygens (including phenoxy) is 2. The molecule has 0 heterocycles. The number of alkyl carbamates (subject to hydrolysis) is 2. The van der Waals surface area contributed by atoms with E-state index in [0.29, 0.717) is 51.2 Å². The van der Waals surface area contributed by atoms with Gasteiger partial charge in [-0.15, -0.1) is 0 Å². The van der Waals surface area contributed by atoms with Gasteiger partial charge in [-0.25, -0.2) is 9.59 Å². The third-order valence-corrected chi connectivity index (χ3v) is 18.5. The van der Waals surface area contributed by atoms with Crippen LogP contribution in [0.1, 0.15) is 26.7 Å². The first-order valence-electron chi connectivity index (χ1n) is 11.9. The van der Waals surface area contributed by atoms with Gasteiger partial charge in [0.2, 0.25) is 0 Å². The Balaban J connectivity index is 5.30. The highest BCUT2D eigenvalue weighted by atomic mass is 28.5. The predicted octanol–water partition coefficient (Wildman–Crippen LogP) is 5.12. The van der Waals surface area contributed by atoms with Gasteiger partial charge >= 0.3 is 29.3 Å². The summed E-state index contributed by atoms with van der Waals surface area (Å²) in [7, 11) is -9.01. The molecule has 9 nitrogen and oxygen atoms in total. The van der Waals surface area contributed by atoms with E-state index in [1.54, 1.807) is 0 Å². The Morgan fingerprint density at radius 2 is 0.939 bits per heavy atom. The maximum atomic E-state index is 11.6. The first-order valence-corrected chi connectivity index (χ1v) is 23.8. The van der Waals surface area contributed by atoms with Crippen LogP contribution in [0.25, 0.3) is 0 Å². The Morgan fingerprint density at radius 3 is 1.21 bits per heavy atom. The Bertz CT molecular complexity index is 552. The van der Waals surface area contributed by atoms with Crippen LogP contribution in [0.15, 0.2) is 0 Å². The molecule has 0 saturated carbocycles. The second-order valence-corrected chi connectivity index (χ2v) is 26.8. The Morgan fingerprint density at radius 1 is 0.606 bits per heavy atom. The second kappa shape index (κ2) is 14.6. The van der Waals surface area contributed by atoms with Crippen LogP contribution < -0.4 is 10.6 Å². The summed E-state index contributed by atoms with van der Waals surface area (Å²) in [4.78, 5) is 23.2. The molecule has 0 aliphatic heterocycles. The van der Waals surface area contributed by atoms with Gasteiger partial charge in [-0.2, -0.15) is 0 Å². The number of hydrogen-bond acceptors (Lipinski definition) is 7. The fourth-order valence-electron chi connectivity index (χ4n) is 3.50. The van der Waals surface area contributed by atoms with Crippen molar-refractivity contribution in [3.63, 3.8) is 0 Å². The van der Waals surface area contributed by atoms with E-state index < -0.39 is 45.9 Å². The molecule has 0 aromatic carbocycles. The van der Waals surface area contributed by atoms with Crippen molar-refractivity contribution in [3.05, 3.63) is 0 Å². The Hall–Kier alpha value is -0.712. The second-order valence-electron chi connectivity index (χ2n) is 10.3. The van der Waals surface area contributed by atoms with Crippen LogP contribution in [0.3, 0.4) is 0 Å². The zero-order valence-electron chi connectivity index (χ0n) is 22.5. The quantitative estimate of drug-likeness (QED) is 0.207. The van der Waals surface area contributed by atoms with Crippen molar-refractivity contribution < 1.29 is 31.4 Å². The minimum atomic E-state index is -2.62. The first-order chi connectivity index (χ1) is 15.0. The van der Waals surface area contributed by atoms with Crippen LogP contribution in [0.2, 0.25) is 64.5 Å².